The Bertz CT molecular complexity index is 781. The summed E-state index contributed by atoms with van der Waals surface area (Å²) in [4.78, 5) is 26.9. The van der Waals surface area contributed by atoms with Crippen LogP contribution >= 0.6 is 12.6 Å². The summed E-state index contributed by atoms with van der Waals surface area (Å²) in [5.41, 5.74) is 4.88. The lowest BCUT2D eigenvalue weighted by Crippen LogP contribution is -2.29. The van der Waals surface area contributed by atoms with Gasteiger partial charge >= 0.3 is 0 Å². The van der Waals surface area contributed by atoms with Gasteiger partial charge < -0.3 is 0 Å². The second-order valence-electron chi connectivity index (χ2n) is 7.35. The normalized spacial score (nSPS) is 16.0. The fourth-order valence-corrected chi connectivity index (χ4v) is 3.75. The third-order valence-corrected chi connectivity index (χ3v) is 5.36. The zero-order valence-electron chi connectivity index (χ0n) is 17.1. The van der Waals surface area contributed by atoms with Gasteiger partial charge in [-0.15, -0.1) is 18.4 Å². The second kappa shape index (κ2) is 11.1. The lowest BCUT2D eigenvalue weighted by atomic mass is 10.0. The minimum Gasteiger partial charge on any atom is -0.268 e. The minimum absolute atomic E-state index is 0.195. The largest absolute Gasteiger partial charge is 0.273 e. The van der Waals surface area contributed by atoms with Gasteiger partial charge in [-0.3, -0.25) is 9.59 Å². The molecule has 2 rings (SSSR count). The Kier molecular flexibility index (Phi) is 8.82. The summed E-state index contributed by atoms with van der Waals surface area (Å²) in [6.45, 7) is 7.48. The van der Waals surface area contributed by atoms with Crippen LogP contribution in [0.1, 0.15) is 70.8 Å². The van der Waals surface area contributed by atoms with Crippen LogP contribution in [0.5, 0.6) is 0 Å². The van der Waals surface area contributed by atoms with Crippen molar-refractivity contribution in [2.75, 3.05) is 4.90 Å². The molecule has 0 unspecified atom stereocenters. The van der Waals surface area contributed by atoms with Crippen molar-refractivity contribution in [3.8, 4) is 0 Å². The van der Waals surface area contributed by atoms with Gasteiger partial charge in [-0.1, -0.05) is 70.6 Å². The Hall–Kier alpha value is -2.03. The molecule has 0 bridgehead atoms. The van der Waals surface area contributed by atoms with E-state index in [2.05, 4.69) is 31.9 Å². The van der Waals surface area contributed by atoms with Crippen LogP contribution in [0.2, 0.25) is 0 Å². The summed E-state index contributed by atoms with van der Waals surface area (Å²) in [5.74, 6) is -0.751. The van der Waals surface area contributed by atoms with Gasteiger partial charge in [0.1, 0.15) is 0 Å². The molecule has 28 heavy (non-hydrogen) atoms. The number of amides is 2. The summed E-state index contributed by atoms with van der Waals surface area (Å²) in [6.07, 6.45) is 11.4. The van der Waals surface area contributed by atoms with Crippen LogP contribution in [0, 0.1) is 0 Å². The van der Waals surface area contributed by atoms with E-state index in [0.29, 0.717) is 10.6 Å². The number of thiol groups is 1. The van der Waals surface area contributed by atoms with Crippen molar-refractivity contribution in [2.45, 2.75) is 71.6 Å². The SMILES string of the molecule is C=C=C1C(=O)N(c2ccc(CCCCCCCCCC)cc2)C(=O)/C1=C(\C)S. The van der Waals surface area contributed by atoms with Crippen LogP contribution in [0.25, 0.3) is 0 Å². The number of anilines is 1. The van der Waals surface area contributed by atoms with Crippen molar-refractivity contribution in [1.82, 2.24) is 0 Å². The van der Waals surface area contributed by atoms with Crippen LogP contribution < -0.4 is 4.90 Å². The molecule has 0 aliphatic carbocycles. The third kappa shape index (κ3) is 5.50. The number of carbonyl (C=O) groups is 2. The van der Waals surface area contributed by atoms with E-state index in [9.17, 15) is 9.59 Å². The number of carbonyl (C=O) groups excluding carboxylic acids is 2. The van der Waals surface area contributed by atoms with Crippen molar-refractivity contribution in [2.24, 2.45) is 0 Å². The molecule has 0 N–H and O–H groups in total. The van der Waals surface area contributed by atoms with Crippen molar-refractivity contribution < 1.29 is 9.59 Å². The van der Waals surface area contributed by atoms with Gasteiger partial charge in [-0.25, -0.2) is 4.90 Å². The van der Waals surface area contributed by atoms with E-state index in [1.165, 1.54) is 61.8 Å². The van der Waals surface area contributed by atoms with E-state index in [-0.39, 0.29) is 23.0 Å². The number of nitrogens with zero attached hydrogens (tertiary/aromatic N) is 1. The number of allylic oxidation sites excluding steroid dienone is 1. The van der Waals surface area contributed by atoms with Crippen LogP contribution in [-0.4, -0.2) is 11.8 Å². The van der Waals surface area contributed by atoms with Crippen LogP contribution in [0.15, 0.2) is 52.6 Å². The van der Waals surface area contributed by atoms with Gasteiger partial charge in [-0.05, 0) is 42.4 Å². The van der Waals surface area contributed by atoms with Gasteiger partial charge in [0.15, 0.2) is 0 Å². The smallest absolute Gasteiger partial charge is 0.268 e. The fourth-order valence-electron chi connectivity index (χ4n) is 3.54. The highest BCUT2D eigenvalue weighted by Crippen LogP contribution is 2.32. The van der Waals surface area contributed by atoms with Crippen molar-refractivity contribution in [1.29, 1.82) is 0 Å². The van der Waals surface area contributed by atoms with Crippen molar-refractivity contribution >= 4 is 30.1 Å². The second-order valence-corrected chi connectivity index (χ2v) is 8.02. The number of hydrogen-bond donors (Lipinski definition) is 1. The van der Waals surface area contributed by atoms with Gasteiger partial charge in [0, 0.05) is 0 Å². The predicted octanol–water partition coefficient (Wildman–Crippen LogP) is 6.16. The molecular weight excluding hydrogens is 366 g/mol. The highest BCUT2D eigenvalue weighted by Gasteiger charge is 2.40. The van der Waals surface area contributed by atoms with Crippen LogP contribution in [0.4, 0.5) is 5.69 Å². The zero-order chi connectivity index (χ0) is 20.5. The van der Waals surface area contributed by atoms with Gasteiger partial charge in [0.05, 0.1) is 16.8 Å². The molecule has 1 aliphatic rings. The Morgan fingerprint density at radius 3 is 2.04 bits per heavy atom. The molecule has 1 heterocycles. The highest BCUT2D eigenvalue weighted by molar-refractivity contribution is 7.84. The van der Waals surface area contributed by atoms with E-state index < -0.39 is 0 Å². The number of hydrogen-bond acceptors (Lipinski definition) is 3. The molecule has 0 spiro atoms. The van der Waals surface area contributed by atoms with Crippen LogP contribution in [0.3, 0.4) is 0 Å². The Balaban J connectivity index is 1.91. The third-order valence-electron chi connectivity index (χ3n) is 5.14. The maximum absolute atomic E-state index is 12.7. The minimum atomic E-state index is -0.390. The average Bonchev–Trinajstić information content (AvgIpc) is 2.94. The van der Waals surface area contributed by atoms with E-state index in [0.717, 1.165) is 6.42 Å². The first-order valence-electron chi connectivity index (χ1n) is 10.3. The van der Waals surface area contributed by atoms with E-state index in [1.807, 2.05) is 24.3 Å². The highest BCUT2D eigenvalue weighted by atomic mass is 32.1. The number of benzene rings is 1. The average molecular weight is 398 g/mol. The lowest BCUT2D eigenvalue weighted by molar-refractivity contribution is -0.119. The molecule has 0 saturated carbocycles. The summed E-state index contributed by atoms with van der Waals surface area (Å²) in [6, 6.07) is 7.69. The maximum Gasteiger partial charge on any atom is 0.273 e. The molecule has 1 saturated heterocycles. The molecule has 1 aliphatic heterocycles. The molecule has 2 amide bonds. The van der Waals surface area contributed by atoms with E-state index >= 15 is 0 Å². The van der Waals surface area contributed by atoms with E-state index in [4.69, 9.17) is 0 Å². The molecule has 1 aromatic carbocycles. The topological polar surface area (TPSA) is 37.4 Å². The first-order valence-corrected chi connectivity index (χ1v) is 10.7. The van der Waals surface area contributed by atoms with Gasteiger partial charge in [-0.2, -0.15) is 0 Å². The standard InChI is InChI=1S/C24H31NO2S/c1-4-6-7-8-9-10-11-12-13-19-14-16-20(17-15-19)25-23(26)21(5-2)22(18(3)28)24(25)27/h14-17,28H,2,4,6-13H2,1,3H3/b22-18+. The van der Waals surface area contributed by atoms with Crippen molar-refractivity contribution in [3.05, 3.63) is 58.2 Å². The number of rotatable bonds is 10. The maximum atomic E-state index is 12.7. The fraction of sp³-hybridized carbons (Fsp3) is 0.458. The predicted molar refractivity (Wildman–Crippen MR) is 120 cm³/mol. The number of aryl methyl sites for hydroxylation is 1. The molecule has 1 fully saturated rings. The van der Waals surface area contributed by atoms with Crippen molar-refractivity contribution in [3.63, 3.8) is 0 Å². The summed E-state index contributed by atoms with van der Waals surface area (Å²) in [5, 5.41) is 0. The lowest BCUT2D eigenvalue weighted by Gasteiger charge is -2.13. The Labute approximate surface area is 174 Å². The molecule has 150 valence electrons. The first-order chi connectivity index (χ1) is 13.5. The van der Waals surface area contributed by atoms with E-state index in [1.54, 1.807) is 6.92 Å². The molecule has 0 aromatic heterocycles. The van der Waals surface area contributed by atoms with Gasteiger partial charge in [0.2, 0.25) is 0 Å². The summed E-state index contributed by atoms with van der Waals surface area (Å²) < 4.78 is 0. The quantitative estimate of drug-likeness (QED) is 0.169. The number of imide groups is 1. The van der Waals surface area contributed by atoms with Gasteiger partial charge in [0.25, 0.3) is 11.8 Å². The number of unbranched alkanes of at least 4 members (excludes halogenated alkanes) is 7. The Morgan fingerprint density at radius 1 is 0.964 bits per heavy atom. The summed E-state index contributed by atoms with van der Waals surface area (Å²) >= 11 is 4.25. The Morgan fingerprint density at radius 2 is 1.54 bits per heavy atom. The molecule has 1 aromatic rings. The molecule has 3 nitrogen and oxygen atoms in total. The molecule has 4 heteroatoms. The molecular formula is C24H31NO2S. The monoisotopic (exact) mass is 397 g/mol. The molecule has 0 radical (unpaired) electrons. The summed E-state index contributed by atoms with van der Waals surface area (Å²) in [7, 11) is 0. The van der Waals surface area contributed by atoms with Crippen LogP contribution in [-0.2, 0) is 16.0 Å². The zero-order valence-corrected chi connectivity index (χ0v) is 18.0. The molecule has 0 atom stereocenters. The first kappa shape index (κ1) is 22.3.